The second-order valence-corrected chi connectivity index (χ2v) is 5.79. The van der Waals surface area contributed by atoms with Gasteiger partial charge in [0.1, 0.15) is 18.0 Å². The van der Waals surface area contributed by atoms with Gasteiger partial charge in [0, 0.05) is 11.5 Å². The number of nitriles is 1. The largest absolute Gasteiger partial charge is 0.392 e. The van der Waals surface area contributed by atoms with Crippen LogP contribution in [0.25, 0.3) is 0 Å². The number of hydrogen-bond donors (Lipinski definition) is 0. The molecule has 0 bridgehead atoms. The van der Waals surface area contributed by atoms with Crippen molar-refractivity contribution in [2.75, 3.05) is 0 Å². The summed E-state index contributed by atoms with van der Waals surface area (Å²) in [5, 5.41) is 12.7. The van der Waals surface area contributed by atoms with Crippen LogP contribution in [0, 0.1) is 41.6 Å². The highest BCUT2D eigenvalue weighted by Gasteiger charge is 2.39. The summed E-state index contributed by atoms with van der Waals surface area (Å²) in [6.07, 6.45) is 4.23. The van der Waals surface area contributed by atoms with Crippen LogP contribution < -0.4 is 0 Å². The molecule has 0 N–H and O–H groups in total. The highest BCUT2D eigenvalue weighted by molar-refractivity contribution is 6.03. The Kier molecular flexibility index (Phi) is 3.81. The van der Waals surface area contributed by atoms with E-state index in [4.69, 9.17) is 10.1 Å². The van der Waals surface area contributed by atoms with E-state index in [0.717, 1.165) is 25.7 Å². The Bertz CT molecular complexity index is 665. The van der Waals surface area contributed by atoms with Gasteiger partial charge in [0.25, 0.3) is 0 Å². The molecular weight excluding hydrogens is 293 g/mol. The fraction of sp³-hybridized carbons (Fsp3) is 0.500. The van der Waals surface area contributed by atoms with E-state index < -0.39 is 28.6 Å². The zero-order chi connectivity index (χ0) is 15.9. The van der Waals surface area contributed by atoms with E-state index in [1.165, 1.54) is 13.0 Å². The van der Waals surface area contributed by atoms with Crippen molar-refractivity contribution in [3.63, 3.8) is 0 Å². The van der Waals surface area contributed by atoms with Crippen molar-refractivity contribution >= 4 is 5.71 Å². The van der Waals surface area contributed by atoms with Crippen LogP contribution in [0.1, 0.15) is 48.8 Å². The summed E-state index contributed by atoms with van der Waals surface area (Å²) in [4.78, 5) is 5.32. The Balaban J connectivity index is 2.11. The number of rotatable bonds is 1. The third kappa shape index (κ3) is 2.16. The predicted octanol–water partition coefficient (Wildman–Crippen LogP) is 3.97. The molecule has 6 heteroatoms. The fourth-order valence-corrected chi connectivity index (χ4v) is 3.27. The van der Waals surface area contributed by atoms with Crippen molar-refractivity contribution in [3.05, 3.63) is 34.1 Å². The average Bonchev–Trinajstić information content (AvgIpc) is 2.75. The van der Waals surface area contributed by atoms with Crippen LogP contribution in [0.5, 0.6) is 0 Å². The van der Waals surface area contributed by atoms with Gasteiger partial charge in [-0.2, -0.15) is 5.26 Å². The molecule has 0 amide bonds. The van der Waals surface area contributed by atoms with Gasteiger partial charge in [0.05, 0.1) is 16.8 Å². The van der Waals surface area contributed by atoms with Crippen LogP contribution in [-0.2, 0) is 4.84 Å². The van der Waals surface area contributed by atoms with Crippen LogP contribution in [0.3, 0.4) is 0 Å². The Labute approximate surface area is 126 Å². The van der Waals surface area contributed by atoms with Gasteiger partial charge in [-0.1, -0.05) is 18.0 Å². The molecule has 116 valence electrons. The molecule has 1 aromatic rings. The molecule has 1 aromatic carbocycles. The van der Waals surface area contributed by atoms with E-state index in [2.05, 4.69) is 5.16 Å². The van der Waals surface area contributed by atoms with Crippen molar-refractivity contribution in [2.24, 2.45) is 11.1 Å². The Hall–Kier alpha value is -2.03. The van der Waals surface area contributed by atoms with Gasteiger partial charge in [-0.3, -0.25) is 0 Å². The summed E-state index contributed by atoms with van der Waals surface area (Å²) in [6, 6.07) is 1.50. The van der Waals surface area contributed by atoms with Crippen LogP contribution >= 0.6 is 0 Å². The number of fused-ring (bicyclic) bond motifs is 1. The normalized spacial score (nSPS) is 24.0. The molecule has 0 spiro atoms. The van der Waals surface area contributed by atoms with Gasteiger partial charge in [0.2, 0.25) is 0 Å². The lowest BCUT2D eigenvalue weighted by Crippen LogP contribution is -2.25. The monoisotopic (exact) mass is 308 g/mol. The molecule has 1 saturated carbocycles. The molecule has 3 rings (SSSR count). The first-order valence-corrected chi connectivity index (χ1v) is 7.37. The third-order valence-electron chi connectivity index (χ3n) is 4.51. The maximum absolute atomic E-state index is 14.5. The highest BCUT2D eigenvalue weighted by atomic mass is 19.2. The standard InChI is InChI=1S/C16H15F3N2O/c1-8-10(7-20)14(18)15(19)12(13(8)17)16-9-5-3-2-4-6-11(9)22-21-16/h9,11H,2-6H2,1H3. The summed E-state index contributed by atoms with van der Waals surface area (Å²) < 4.78 is 42.8. The lowest BCUT2D eigenvalue weighted by Gasteiger charge is -2.17. The minimum atomic E-state index is -1.35. The number of hydrogen-bond acceptors (Lipinski definition) is 3. The third-order valence-corrected chi connectivity index (χ3v) is 4.51. The molecule has 1 aliphatic carbocycles. The second-order valence-electron chi connectivity index (χ2n) is 5.79. The molecule has 0 aromatic heterocycles. The fourth-order valence-electron chi connectivity index (χ4n) is 3.27. The molecule has 2 aliphatic rings. The van der Waals surface area contributed by atoms with Gasteiger partial charge in [-0.05, 0) is 26.2 Å². The van der Waals surface area contributed by atoms with Gasteiger partial charge >= 0.3 is 0 Å². The molecule has 1 heterocycles. The summed E-state index contributed by atoms with van der Waals surface area (Å²) in [5.74, 6) is -3.83. The molecule has 1 fully saturated rings. The molecule has 0 radical (unpaired) electrons. The zero-order valence-electron chi connectivity index (χ0n) is 12.1. The van der Waals surface area contributed by atoms with Crippen molar-refractivity contribution in [1.29, 1.82) is 5.26 Å². The molecule has 2 atom stereocenters. The van der Waals surface area contributed by atoms with Gasteiger partial charge in [0.15, 0.2) is 11.6 Å². The van der Waals surface area contributed by atoms with Gasteiger partial charge < -0.3 is 4.84 Å². The highest BCUT2D eigenvalue weighted by Crippen LogP contribution is 2.36. The maximum atomic E-state index is 14.5. The smallest absolute Gasteiger partial charge is 0.177 e. The summed E-state index contributed by atoms with van der Waals surface area (Å²) in [7, 11) is 0. The zero-order valence-corrected chi connectivity index (χ0v) is 12.1. The number of nitrogens with zero attached hydrogens (tertiary/aromatic N) is 2. The Morgan fingerprint density at radius 1 is 1.09 bits per heavy atom. The molecular formula is C16H15F3N2O. The van der Waals surface area contributed by atoms with E-state index in [1.807, 2.05) is 0 Å². The average molecular weight is 308 g/mol. The SMILES string of the molecule is Cc1c(F)c(C2=NOC3CCCCCC23)c(F)c(F)c1C#N. The van der Waals surface area contributed by atoms with E-state index in [0.29, 0.717) is 6.42 Å². The van der Waals surface area contributed by atoms with Crippen LogP contribution in [0.2, 0.25) is 0 Å². The summed E-state index contributed by atoms with van der Waals surface area (Å²) in [5.41, 5.74) is -1.15. The van der Waals surface area contributed by atoms with Gasteiger partial charge in [-0.25, -0.2) is 13.2 Å². The number of oxime groups is 1. The van der Waals surface area contributed by atoms with Crippen molar-refractivity contribution in [2.45, 2.75) is 45.1 Å². The van der Waals surface area contributed by atoms with Crippen LogP contribution in [-0.4, -0.2) is 11.8 Å². The van der Waals surface area contributed by atoms with E-state index in [1.54, 1.807) is 0 Å². The van der Waals surface area contributed by atoms with E-state index >= 15 is 0 Å². The van der Waals surface area contributed by atoms with Crippen molar-refractivity contribution in [1.82, 2.24) is 0 Å². The Morgan fingerprint density at radius 3 is 2.55 bits per heavy atom. The Morgan fingerprint density at radius 2 is 1.82 bits per heavy atom. The second kappa shape index (κ2) is 5.64. The number of halogens is 3. The minimum absolute atomic E-state index is 0.133. The first kappa shape index (κ1) is 14.9. The lowest BCUT2D eigenvalue weighted by atomic mass is 9.87. The van der Waals surface area contributed by atoms with E-state index in [-0.39, 0.29) is 23.3 Å². The topological polar surface area (TPSA) is 45.4 Å². The van der Waals surface area contributed by atoms with Crippen molar-refractivity contribution in [3.8, 4) is 6.07 Å². The minimum Gasteiger partial charge on any atom is -0.392 e. The number of benzene rings is 1. The van der Waals surface area contributed by atoms with Crippen LogP contribution in [0.15, 0.2) is 5.16 Å². The summed E-state index contributed by atoms with van der Waals surface area (Å²) >= 11 is 0. The van der Waals surface area contributed by atoms with Crippen LogP contribution in [0.4, 0.5) is 13.2 Å². The quantitative estimate of drug-likeness (QED) is 0.737. The van der Waals surface area contributed by atoms with Gasteiger partial charge in [-0.15, -0.1) is 0 Å². The van der Waals surface area contributed by atoms with Crippen molar-refractivity contribution < 1.29 is 18.0 Å². The molecule has 2 unspecified atom stereocenters. The molecule has 1 aliphatic heterocycles. The first-order valence-electron chi connectivity index (χ1n) is 7.37. The lowest BCUT2D eigenvalue weighted by molar-refractivity contribution is 0.0571. The predicted molar refractivity (Wildman–Crippen MR) is 73.8 cm³/mol. The molecule has 22 heavy (non-hydrogen) atoms. The van der Waals surface area contributed by atoms with E-state index in [9.17, 15) is 13.2 Å². The maximum Gasteiger partial charge on any atom is 0.177 e. The molecule has 3 nitrogen and oxygen atoms in total. The first-order chi connectivity index (χ1) is 10.6. The molecule has 0 saturated heterocycles. The summed E-state index contributed by atoms with van der Waals surface area (Å²) in [6.45, 7) is 1.26.